The Morgan fingerprint density at radius 2 is 1.69 bits per heavy atom. The number of nitrogens with zero attached hydrogens (tertiary/aromatic N) is 1. The van der Waals surface area contributed by atoms with Crippen molar-refractivity contribution in [3.63, 3.8) is 0 Å². The number of rotatable bonds is 3. The zero-order chi connectivity index (χ0) is 9.68. The highest BCUT2D eigenvalue weighted by atomic mass is 15.0. The number of hydrogen-bond acceptors (Lipinski definition) is 0. The molecule has 0 radical (unpaired) electrons. The van der Waals surface area contributed by atoms with Crippen LogP contribution in [0.5, 0.6) is 0 Å². The first-order valence-corrected chi connectivity index (χ1v) is 5.77. The molecule has 1 saturated carbocycles. The molecule has 0 atom stereocenters. The van der Waals surface area contributed by atoms with E-state index in [1.807, 2.05) is 0 Å². The third kappa shape index (κ3) is 3.93. The van der Waals surface area contributed by atoms with Crippen molar-refractivity contribution in [1.29, 1.82) is 0 Å². The SMILES string of the molecule is C=[N+](CC1CCCCCC1)C(C)C. The van der Waals surface area contributed by atoms with Gasteiger partial charge in [-0.15, -0.1) is 0 Å². The average Bonchev–Trinajstić information content (AvgIpc) is 2.32. The van der Waals surface area contributed by atoms with Crippen molar-refractivity contribution in [2.24, 2.45) is 5.92 Å². The van der Waals surface area contributed by atoms with Gasteiger partial charge in [0.25, 0.3) is 0 Å². The van der Waals surface area contributed by atoms with Crippen LogP contribution >= 0.6 is 0 Å². The van der Waals surface area contributed by atoms with E-state index in [4.69, 9.17) is 0 Å². The highest BCUT2D eigenvalue weighted by Crippen LogP contribution is 2.22. The van der Waals surface area contributed by atoms with Crippen LogP contribution < -0.4 is 0 Å². The fourth-order valence-electron chi connectivity index (χ4n) is 2.09. The molecule has 0 aliphatic heterocycles. The van der Waals surface area contributed by atoms with Crippen LogP contribution in [0.1, 0.15) is 52.4 Å². The van der Waals surface area contributed by atoms with Crippen molar-refractivity contribution in [1.82, 2.24) is 0 Å². The van der Waals surface area contributed by atoms with Gasteiger partial charge in [-0.3, -0.25) is 0 Å². The van der Waals surface area contributed by atoms with E-state index in [-0.39, 0.29) is 0 Å². The molecule has 1 aliphatic carbocycles. The Morgan fingerprint density at radius 1 is 1.15 bits per heavy atom. The van der Waals surface area contributed by atoms with Gasteiger partial charge < -0.3 is 0 Å². The predicted octanol–water partition coefficient (Wildman–Crippen LogP) is 3.08. The molecule has 0 heterocycles. The van der Waals surface area contributed by atoms with Crippen LogP contribution in [0.2, 0.25) is 0 Å². The lowest BCUT2D eigenvalue weighted by atomic mass is 10.00. The summed E-state index contributed by atoms with van der Waals surface area (Å²) in [5.74, 6) is 0.919. The van der Waals surface area contributed by atoms with Crippen LogP contribution in [0.15, 0.2) is 0 Å². The molecular weight excluding hydrogens is 158 g/mol. The van der Waals surface area contributed by atoms with E-state index in [0.717, 1.165) is 5.92 Å². The van der Waals surface area contributed by atoms with E-state index < -0.39 is 0 Å². The summed E-state index contributed by atoms with van der Waals surface area (Å²) in [6, 6.07) is 0.600. The zero-order valence-electron chi connectivity index (χ0n) is 9.26. The van der Waals surface area contributed by atoms with E-state index in [2.05, 4.69) is 25.1 Å². The Morgan fingerprint density at radius 3 is 2.15 bits per heavy atom. The molecule has 13 heavy (non-hydrogen) atoms. The molecule has 0 amide bonds. The van der Waals surface area contributed by atoms with E-state index in [1.54, 1.807) is 0 Å². The van der Waals surface area contributed by atoms with Gasteiger partial charge in [-0.1, -0.05) is 25.7 Å². The van der Waals surface area contributed by atoms with Crippen LogP contribution in [0.4, 0.5) is 0 Å². The first-order valence-electron chi connectivity index (χ1n) is 5.77. The van der Waals surface area contributed by atoms with E-state index in [0.29, 0.717) is 6.04 Å². The first kappa shape index (κ1) is 10.7. The molecular formula is C12H24N+. The second kappa shape index (κ2) is 5.41. The lowest BCUT2D eigenvalue weighted by Gasteiger charge is -2.13. The summed E-state index contributed by atoms with van der Waals surface area (Å²) < 4.78 is 2.25. The van der Waals surface area contributed by atoms with Gasteiger partial charge in [-0.2, -0.15) is 0 Å². The normalized spacial score (nSPS) is 20.2. The molecule has 1 aliphatic rings. The first-order chi connectivity index (χ1) is 6.20. The second-order valence-electron chi connectivity index (χ2n) is 4.72. The van der Waals surface area contributed by atoms with Crippen molar-refractivity contribution < 1.29 is 4.58 Å². The second-order valence-corrected chi connectivity index (χ2v) is 4.72. The molecule has 0 unspecified atom stereocenters. The highest BCUT2D eigenvalue weighted by Gasteiger charge is 2.18. The smallest absolute Gasteiger partial charge is 0.146 e. The largest absolute Gasteiger partial charge is 0.240 e. The lowest BCUT2D eigenvalue weighted by molar-refractivity contribution is -0.557. The minimum absolute atomic E-state index is 0.600. The van der Waals surface area contributed by atoms with E-state index >= 15 is 0 Å². The van der Waals surface area contributed by atoms with Gasteiger partial charge in [-0.25, -0.2) is 4.58 Å². The van der Waals surface area contributed by atoms with Crippen LogP contribution in [0.25, 0.3) is 0 Å². The van der Waals surface area contributed by atoms with Gasteiger partial charge in [0.2, 0.25) is 0 Å². The van der Waals surface area contributed by atoms with Crippen molar-refractivity contribution >= 4 is 6.72 Å². The topological polar surface area (TPSA) is 3.01 Å². The van der Waals surface area contributed by atoms with E-state index in [1.165, 1.54) is 45.1 Å². The average molecular weight is 182 g/mol. The van der Waals surface area contributed by atoms with Gasteiger partial charge >= 0.3 is 0 Å². The molecule has 0 spiro atoms. The molecule has 0 N–H and O–H groups in total. The van der Waals surface area contributed by atoms with Gasteiger partial charge in [0.05, 0.1) is 0 Å². The molecule has 76 valence electrons. The molecule has 0 bridgehead atoms. The molecule has 1 fully saturated rings. The van der Waals surface area contributed by atoms with Gasteiger partial charge in [0.1, 0.15) is 19.3 Å². The summed E-state index contributed by atoms with van der Waals surface area (Å²) in [5.41, 5.74) is 0. The van der Waals surface area contributed by atoms with Gasteiger partial charge in [-0.05, 0) is 26.7 Å². The summed E-state index contributed by atoms with van der Waals surface area (Å²) in [6.07, 6.45) is 8.65. The third-order valence-corrected chi connectivity index (χ3v) is 3.20. The predicted molar refractivity (Wildman–Crippen MR) is 58.6 cm³/mol. The monoisotopic (exact) mass is 182 g/mol. The minimum Gasteiger partial charge on any atom is -0.240 e. The summed E-state index contributed by atoms with van der Waals surface area (Å²) in [5, 5.41) is 0. The summed E-state index contributed by atoms with van der Waals surface area (Å²) in [4.78, 5) is 0. The Bertz CT molecular complexity index is 153. The van der Waals surface area contributed by atoms with Gasteiger partial charge in [0.15, 0.2) is 0 Å². The maximum atomic E-state index is 4.10. The maximum Gasteiger partial charge on any atom is 0.146 e. The Kier molecular flexibility index (Phi) is 4.47. The summed E-state index contributed by atoms with van der Waals surface area (Å²) in [6.45, 7) is 9.75. The number of hydrogen-bond donors (Lipinski definition) is 0. The van der Waals surface area contributed by atoms with Crippen LogP contribution in [0, 0.1) is 5.92 Å². The molecule has 1 rings (SSSR count). The van der Waals surface area contributed by atoms with E-state index in [9.17, 15) is 0 Å². The maximum absolute atomic E-state index is 4.10. The molecule has 1 heteroatoms. The minimum atomic E-state index is 0.600. The van der Waals surface area contributed by atoms with Crippen molar-refractivity contribution in [3.05, 3.63) is 0 Å². The molecule has 0 aromatic rings. The summed E-state index contributed by atoms with van der Waals surface area (Å²) in [7, 11) is 0. The third-order valence-electron chi connectivity index (χ3n) is 3.20. The standard InChI is InChI=1S/C12H24N/c1-11(2)13(3)10-12-8-6-4-5-7-9-12/h11-12H,3-10H2,1-2H3/q+1. The Labute approximate surface area is 82.9 Å². The van der Waals surface area contributed by atoms with Crippen LogP contribution in [-0.2, 0) is 0 Å². The van der Waals surface area contributed by atoms with Crippen molar-refractivity contribution in [3.8, 4) is 0 Å². The highest BCUT2D eigenvalue weighted by molar-refractivity contribution is 5.14. The quantitative estimate of drug-likeness (QED) is 0.358. The fourth-order valence-corrected chi connectivity index (χ4v) is 2.09. The Hall–Kier alpha value is -0.330. The van der Waals surface area contributed by atoms with Gasteiger partial charge in [0, 0.05) is 5.92 Å². The molecule has 0 saturated heterocycles. The zero-order valence-corrected chi connectivity index (χ0v) is 9.26. The summed E-state index contributed by atoms with van der Waals surface area (Å²) >= 11 is 0. The van der Waals surface area contributed by atoms with Crippen molar-refractivity contribution in [2.45, 2.75) is 58.4 Å². The fraction of sp³-hybridized carbons (Fsp3) is 0.917. The van der Waals surface area contributed by atoms with Crippen LogP contribution in [-0.4, -0.2) is 23.9 Å². The Balaban J connectivity index is 2.29. The molecule has 1 nitrogen and oxygen atoms in total. The molecule has 0 aromatic heterocycles. The van der Waals surface area contributed by atoms with Crippen LogP contribution in [0.3, 0.4) is 0 Å². The van der Waals surface area contributed by atoms with Crippen molar-refractivity contribution in [2.75, 3.05) is 6.54 Å². The lowest BCUT2D eigenvalue weighted by Crippen LogP contribution is -2.25. The molecule has 0 aromatic carbocycles.